The summed E-state index contributed by atoms with van der Waals surface area (Å²) in [6, 6.07) is 10.3. The maximum atomic E-state index is 12.6. The molecule has 1 unspecified atom stereocenters. The summed E-state index contributed by atoms with van der Waals surface area (Å²) in [4.78, 5) is 12.6. The second kappa shape index (κ2) is 4.88. The van der Waals surface area contributed by atoms with Gasteiger partial charge in [-0.1, -0.05) is 30.3 Å². The van der Waals surface area contributed by atoms with E-state index in [9.17, 15) is 4.91 Å². The number of benzene rings is 1. The number of rotatable bonds is 1. The van der Waals surface area contributed by atoms with Gasteiger partial charge in [-0.2, -0.15) is 0 Å². The lowest BCUT2D eigenvalue weighted by molar-refractivity contribution is -0.490. The highest BCUT2D eigenvalue weighted by Gasteiger charge is 2.45. The van der Waals surface area contributed by atoms with E-state index in [0.29, 0.717) is 12.5 Å². The summed E-state index contributed by atoms with van der Waals surface area (Å²) in [7, 11) is 0. The van der Waals surface area contributed by atoms with Crippen LogP contribution in [-0.2, 0) is 4.74 Å². The fourth-order valence-electron chi connectivity index (χ4n) is 3.32. The molecule has 1 N–H and O–H groups in total. The van der Waals surface area contributed by atoms with Gasteiger partial charge in [0, 0.05) is 17.9 Å². The van der Waals surface area contributed by atoms with Gasteiger partial charge in [0.15, 0.2) is 0 Å². The summed E-state index contributed by atoms with van der Waals surface area (Å²) in [6.45, 7) is 1.39. The van der Waals surface area contributed by atoms with Crippen LogP contribution in [0, 0.1) is 4.91 Å². The van der Waals surface area contributed by atoms with Crippen molar-refractivity contribution in [2.75, 3.05) is 13.2 Å². The first-order valence-electron chi connectivity index (χ1n) is 7.39. The summed E-state index contributed by atoms with van der Waals surface area (Å²) in [5.41, 5.74) is 4.01. The Bertz CT molecular complexity index is 686. The van der Waals surface area contributed by atoms with E-state index in [0.717, 1.165) is 41.1 Å². The van der Waals surface area contributed by atoms with Crippen molar-refractivity contribution in [1.82, 2.24) is 5.32 Å². The van der Waals surface area contributed by atoms with Gasteiger partial charge < -0.3 is 10.1 Å². The number of allylic oxidation sites excluding steroid dienone is 3. The zero-order valence-corrected chi connectivity index (χ0v) is 11.7. The van der Waals surface area contributed by atoms with Crippen molar-refractivity contribution in [3.05, 3.63) is 75.8 Å². The van der Waals surface area contributed by atoms with Crippen LogP contribution >= 0.6 is 0 Å². The maximum Gasteiger partial charge on any atom is 0.427 e. The monoisotopic (exact) mass is 281 g/mol. The molecule has 4 rings (SSSR count). The lowest BCUT2D eigenvalue weighted by Crippen LogP contribution is -2.35. The molecule has 21 heavy (non-hydrogen) atoms. The lowest BCUT2D eigenvalue weighted by atomic mass is 9.83. The summed E-state index contributed by atoms with van der Waals surface area (Å²) in [5.74, 6) is 0.534. The molecular weight excluding hydrogens is 264 g/mol. The van der Waals surface area contributed by atoms with Crippen LogP contribution in [0.25, 0.3) is 0 Å². The third-order valence-electron chi connectivity index (χ3n) is 4.24. The molecule has 0 radical (unpaired) electrons. The van der Waals surface area contributed by atoms with E-state index in [2.05, 4.69) is 17.4 Å². The molecule has 106 valence electrons. The van der Waals surface area contributed by atoms with Crippen molar-refractivity contribution < 1.29 is 9.50 Å². The van der Waals surface area contributed by atoms with Crippen molar-refractivity contribution in [2.24, 2.45) is 0 Å². The van der Waals surface area contributed by atoms with E-state index < -0.39 is 0 Å². The van der Waals surface area contributed by atoms with Gasteiger partial charge in [0.25, 0.3) is 5.70 Å². The Morgan fingerprint density at radius 3 is 2.95 bits per heavy atom. The predicted octanol–water partition coefficient (Wildman–Crippen LogP) is 2.96. The molecule has 3 aliphatic heterocycles. The highest BCUT2D eigenvalue weighted by Crippen LogP contribution is 2.42. The molecule has 3 aliphatic rings. The summed E-state index contributed by atoms with van der Waals surface area (Å²) >= 11 is 0. The topological polar surface area (TPSA) is 41.3 Å². The molecule has 1 aromatic rings. The molecular formula is C17H17N2O2+. The van der Waals surface area contributed by atoms with Crippen LogP contribution in [0.15, 0.2) is 65.3 Å². The van der Waals surface area contributed by atoms with Crippen molar-refractivity contribution in [2.45, 2.75) is 18.8 Å². The quantitative estimate of drug-likeness (QED) is 0.805. The summed E-state index contributed by atoms with van der Waals surface area (Å²) < 4.78 is 6.63. The SMILES string of the molecule is O=[N+]1C2=C(NCCC2)C(c2ccccc2)C2=C1OCC=C2. The molecule has 0 aromatic heterocycles. The molecule has 4 nitrogen and oxygen atoms in total. The number of nitroso groups, excluding NO2 is 1. The number of ether oxygens (including phenoxy) is 1. The van der Waals surface area contributed by atoms with Crippen LogP contribution in [0.2, 0.25) is 0 Å². The molecule has 0 aliphatic carbocycles. The van der Waals surface area contributed by atoms with Gasteiger partial charge in [-0.05, 0) is 24.1 Å². The van der Waals surface area contributed by atoms with Crippen molar-refractivity contribution in [1.29, 1.82) is 0 Å². The van der Waals surface area contributed by atoms with Crippen LogP contribution in [-0.4, -0.2) is 17.9 Å². The Morgan fingerprint density at radius 2 is 2.10 bits per heavy atom. The minimum atomic E-state index is 0.0678. The molecule has 0 saturated heterocycles. The lowest BCUT2D eigenvalue weighted by Gasteiger charge is -2.29. The second-order valence-electron chi connectivity index (χ2n) is 5.50. The smallest absolute Gasteiger partial charge is 0.427 e. The highest BCUT2D eigenvalue weighted by atomic mass is 16.5. The van der Waals surface area contributed by atoms with Crippen LogP contribution in [0.5, 0.6) is 0 Å². The normalized spacial score (nSPS) is 24.2. The first-order valence-corrected chi connectivity index (χ1v) is 7.39. The minimum Gasteiger partial charge on any atom is -0.437 e. The van der Waals surface area contributed by atoms with Gasteiger partial charge in [0.1, 0.15) is 11.4 Å². The van der Waals surface area contributed by atoms with Gasteiger partial charge in [0.2, 0.25) is 0 Å². The molecule has 3 heterocycles. The largest absolute Gasteiger partial charge is 0.437 e. The van der Waals surface area contributed by atoms with E-state index in [1.54, 1.807) is 0 Å². The zero-order chi connectivity index (χ0) is 14.2. The van der Waals surface area contributed by atoms with E-state index in [-0.39, 0.29) is 5.92 Å². The molecule has 0 spiro atoms. The Morgan fingerprint density at radius 1 is 1.24 bits per heavy atom. The van der Waals surface area contributed by atoms with Gasteiger partial charge in [-0.15, -0.1) is 0 Å². The van der Waals surface area contributed by atoms with E-state index in [4.69, 9.17) is 4.74 Å². The van der Waals surface area contributed by atoms with Gasteiger partial charge in [-0.25, -0.2) is 0 Å². The van der Waals surface area contributed by atoms with Crippen molar-refractivity contribution >= 4 is 0 Å². The average molecular weight is 281 g/mol. The average Bonchev–Trinajstić information content (AvgIpc) is 2.56. The van der Waals surface area contributed by atoms with E-state index in [1.807, 2.05) is 30.4 Å². The first kappa shape index (κ1) is 12.4. The Hall–Kier alpha value is -2.36. The molecule has 0 saturated carbocycles. The molecule has 4 heteroatoms. The number of nitrogens with one attached hydrogen (secondary N) is 1. The van der Waals surface area contributed by atoms with E-state index >= 15 is 0 Å². The first-order chi connectivity index (χ1) is 10.4. The van der Waals surface area contributed by atoms with Crippen LogP contribution in [0.3, 0.4) is 0 Å². The zero-order valence-electron chi connectivity index (χ0n) is 11.7. The molecule has 0 amide bonds. The Labute approximate surface area is 123 Å². The minimum absolute atomic E-state index is 0.0678. The number of hydrogen-bond acceptors (Lipinski definition) is 3. The highest BCUT2D eigenvalue weighted by molar-refractivity contribution is 5.47. The Kier molecular flexibility index (Phi) is 2.88. The molecule has 1 atom stereocenters. The van der Waals surface area contributed by atoms with Crippen LogP contribution in [0.4, 0.5) is 0 Å². The summed E-state index contributed by atoms with van der Waals surface area (Å²) in [6.07, 6.45) is 5.79. The second-order valence-corrected chi connectivity index (χ2v) is 5.50. The van der Waals surface area contributed by atoms with Crippen molar-refractivity contribution in [3.8, 4) is 0 Å². The standard InChI is InChI=1S/C17H17N2O2/c20-19-14-9-4-10-18-16(14)15(12-6-2-1-3-7-12)13-8-5-11-21-17(13)19/h1-3,5-8,15,18H,4,9-11H2/q+1. The Balaban J connectivity index is 1.91. The van der Waals surface area contributed by atoms with Crippen molar-refractivity contribution in [3.63, 3.8) is 0 Å². The van der Waals surface area contributed by atoms with E-state index in [1.165, 1.54) is 5.56 Å². The predicted molar refractivity (Wildman–Crippen MR) is 79.2 cm³/mol. The van der Waals surface area contributed by atoms with Gasteiger partial charge in [-0.3, -0.25) is 0 Å². The third kappa shape index (κ3) is 1.90. The fourth-order valence-corrected chi connectivity index (χ4v) is 3.32. The summed E-state index contributed by atoms with van der Waals surface area (Å²) in [5, 5.41) is 3.45. The molecule has 0 bridgehead atoms. The fraction of sp³-hybridized carbons (Fsp3) is 0.294. The molecule has 0 fully saturated rings. The molecule has 1 aromatic carbocycles. The number of nitrogens with zero attached hydrogens (tertiary/aromatic N) is 1. The van der Waals surface area contributed by atoms with Crippen LogP contribution in [0.1, 0.15) is 24.3 Å². The third-order valence-corrected chi connectivity index (χ3v) is 4.24. The van der Waals surface area contributed by atoms with Gasteiger partial charge in [0.05, 0.1) is 17.2 Å². The van der Waals surface area contributed by atoms with Gasteiger partial charge >= 0.3 is 5.88 Å². The maximum absolute atomic E-state index is 12.6. The van der Waals surface area contributed by atoms with Crippen LogP contribution < -0.4 is 5.32 Å². The number of hydrogen-bond donors (Lipinski definition) is 1.